The van der Waals surface area contributed by atoms with Gasteiger partial charge in [-0.2, -0.15) is 0 Å². The van der Waals surface area contributed by atoms with Crippen LogP contribution in [0, 0.1) is 0 Å². The monoisotopic (exact) mass is 447 g/mol. The molecule has 0 bridgehead atoms. The van der Waals surface area contributed by atoms with Crippen molar-refractivity contribution in [2.75, 3.05) is 24.4 Å². The lowest BCUT2D eigenvalue weighted by atomic mass is 10.1. The van der Waals surface area contributed by atoms with E-state index in [2.05, 4.69) is 60.5 Å². The van der Waals surface area contributed by atoms with E-state index >= 15 is 0 Å². The van der Waals surface area contributed by atoms with Crippen molar-refractivity contribution >= 4 is 11.5 Å². The summed E-state index contributed by atoms with van der Waals surface area (Å²) in [6.45, 7) is 5.99. The number of ether oxygens (including phenoxy) is 2. The first-order chi connectivity index (χ1) is 16.1. The third-order valence-electron chi connectivity index (χ3n) is 5.78. The Balaban J connectivity index is 1.85. The van der Waals surface area contributed by atoms with Crippen LogP contribution in [0.4, 0.5) is 11.5 Å². The zero-order valence-corrected chi connectivity index (χ0v) is 20.4. The molecule has 0 aliphatic heterocycles. The van der Waals surface area contributed by atoms with Gasteiger partial charge < -0.3 is 19.7 Å². The molecule has 3 rings (SSSR count). The zero-order valence-electron chi connectivity index (χ0n) is 20.4. The van der Waals surface area contributed by atoms with Gasteiger partial charge in [-0.25, -0.2) is 4.98 Å². The highest BCUT2D eigenvalue weighted by Gasteiger charge is 2.13. The van der Waals surface area contributed by atoms with Crippen LogP contribution in [-0.4, -0.2) is 25.2 Å². The quantitative estimate of drug-likeness (QED) is 0.316. The van der Waals surface area contributed by atoms with Crippen molar-refractivity contribution in [1.82, 2.24) is 4.98 Å². The summed E-state index contributed by atoms with van der Waals surface area (Å²) in [5.41, 5.74) is 3.54. The molecule has 33 heavy (non-hydrogen) atoms. The van der Waals surface area contributed by atoms with E-state index in [4.69, 9.17) is 14.5 Å². The number of nitrogens with zero attached hydrogens (tertiary/aromatic N) is 2. The van der Waals surface area contributed by atoms with Crippen LogP contribution in [0.2, 0.25) is 0 Å². The molecule has 0 saturated carbocycles. The summed E-state index contributed by atoms with van der Waals surface area (Å²) in [5.74, 6) is 2.68. The van der Waals surface area contributed by atoms with Crippen LogP contribution in [0.5, 0.6) is 11.5 Å². The summed E-state index contributed by atoms with van der Waals surface area (Å²) in [7, 11) is 3.38. The molecule has 5 nitrogen and oxygen atoms in total. The van der Waals surface area contributed by atoms with Gasteiger partial charge in [0.25, 0.3) is 0 Å². The van der Waals surface area contributed by atoms with E-state index in [1.165, 1.54) is 36.8 Å². The van der Waals surface area contributed by atoms with Crippen LogP contribution in [-0.2, 0) is 13.1 Å². The van der Waals surface area contributed by atoms with Gasteiger partial charge in [0.15, 0.2) is 0 Å². The molecule has 1 heterocycles. The Bertz CT molecular complexity index is 902. The molecule has 0 amide bonds. The number of anilines is 2. The van der Waals surface area contributed by atoms with Gasteiger partial charge in [0.05, 0.1) is 14.2 Å². The minimum absolute atomic E-state index is 0.492. The SMILES string of the molecule is CCCC(CCC)Nc1ccnc(N(Cc2ccc(OC)cc2)Cc2ccc(OC)cc2)c1. The van der Waals surface area contributed by atoms with Gasteiger partial charge in [0.2, 0.25) is 0 Å². The number of rotatable bonds is 13. The molecule has 176 valence electrons. The number of pyridine rings is 1. The third kappa shape index (κ3) is 7.41. The maximum absolute atomic E-state index is 5.32. The van der Waals surface area contributed by atoms with E-state index in [0.29, 0.717) is 6.04 Å². The van der Waals surface area contributed by atoms with Crippen molar-refractivity contribution in [3.8, 4) is 11.5 Å². The highest BCUT2D eigenvalue weighted by Crippen LogP contribution is 2.24. The molecule has 1 N–H and O–H groups in total. The molecule has 0 radical (unpaired) electrons. The minimum Gasteiger partial charge on any atom is -0.497 e. The van der Waals surface area contributed by atoms with Crippen LogP contribution in [0.15, 0.2) is 66.9 Å². The Hall–Kier alpha value is -3.21. The molecule has 0 aliphatic rings. The lowest BCUT2D eigenvalue weighted by Crippen LogP contribution is -2.24. The van der Waals surface area contributed by atoms with E-state index in [1.807, 2.05) is 30.5 Å². The molecule has 0 aliphatic carbocycles. The summed E-state index contributed by atoms with van der Waals surface area (Å²) in [6, 6.07) is 21.2. The van der Waals surface area contributed by atoms with Crippen molar-refractivity contribution in [3.05, 3.63) is 78.0 Å². The van der Waals surface area contributed by atoms with Crippen LogP contribution in [0.25, 0.3) is 0 Å². The van der Waals surface area contributed by atoms with Crippen LogP contribution >= 0.6 is 0 Å². The molecule has 0 atom stereocenters. The third-order valence-corrected chi connectivity index (χ3v) is 5.78. The van der Waals surface area contributed by atoms with Gasteiger partial charge in [-0.15, -0.1) is 0 Å². The summed E-state index contributed by atoms with van der Waals surface area (Å²) in [6.07, 6.45) is 6.61. The fourth-order valence-corrected chi connectivity index (χ4v) is 4.02. The minimum atomic E-state index is 0.492. The number of benzene rings is 2. The summed E-state index contributed by atoms with van der Waals surface area (Å²) in [5, 5.41) is 3.73. The maximum atomic E-state index is 5.32. The van der Waals surface area contributed by atoms with E-state index < -0.39 is 0 Å². The lowest BCUT2D eigenvalue weighted by Gasteiger charge is -2.26. The Morgan fingerprint density at radius 1 is 0.788 bits per heavy atom. The van der Waals surface area contributed by atoms with Gasteiger partial charge in [-0.1, -0.05) is 51.0 Å². The normalized spacial score (nSPS) is 10.8. The van der Waals surface area contributed by atoms with Gasteiger partial charge in [0.1, 0.15) is 17.3 Å². The fourth-order valence-electron chi connectivity index (χ4n) is 4.02. The first-order valence-corrected chi connectivity index (χ1v) is 11.9. The van der Waals surface area contributed by atoms with Crippen LogP contribution in [0.1, 0.15) is 50.7 Å². The van der Waals surface area contributed by atoms with Crippen molar-refractivity contribution in [2.24, 2.45) is 0 Å². The smallest absolute Gasteiger partial charge is 0.131 e. The first kappa shape index (κ1) is 24.4. The van der Waals surface area contributed by atoms with Crippen LogP contribution in [0.3, 0.4) is 0 Å². The first-order valence-electron chi connectivity index (χ1n) is 11.9. The predicted molar refractivity (Wildman–Crippen MR) is 137 cm³/mol. The molecular weight excluding hydrogens is 410 g/mol. The zero-order chi connectivity index (χ0) is 23.5. The highest BCUT2D eigenvalue weighted by atomic mass is 16.5. The number of hydrogen-bond donors (Lipinski definition) is 1. The van der Waals surface area contributed by atoms with Crippen LogP contribution < -0.4 is 19.7 Å². The molecule has 0 fully saturated rings. The summed E-state index contributed by atoms with van der Waals surface area (Å²) < 4.78 is 10.6. The van der Waals surface area contributed by atoms with Gasteiger partial charge in [-0.05, 0) is 54.3 Å². The predicted octanol–water partition coefficient (Wildman–Crippen LogP) is 6.69. The molecule has 2 aromatic carbocycles. The summed E-state index contributed by atoms with van der Waals surface area (Å²) in [4.78, 5) is 7.04. The maximum Gasteiger partial charge on any atom is 0.131 e. The number of aromatic nitrogens is 1. The molecule has 1 aromatic heterocycles. The van der Waals surface area contributed by atoms with Gasteiger partial charge in [0, 0.05) is 37.1 Å². The second kappa shape index (κ2) is 12.7. The number of hydrogen-bond acceptors (Lipinski definition) is 5. The fraction of sp³-hybridized carbons (Fsp3) is 0.393. The van der Waals surface area contributed by atoms with Crippen molar-refractivity contribution in [2.45, 2.75) is 58.7 Å². The molecule has 3 aromatic rings. The molecule has 0 saturated heterocycles. The Labute approximate surface area is 198 Å². The average Bonchev–Trinajstić information content (AvgIpc) is 2.85. The Morgan fingerprint density at radius 2 is 1.30 bits per heavy atom. The van der Waals surface area contributed by atoms with Crippen molar-refractivity contribution < 1.29 is 9.47 Å². The van der Waals surface area contributed by atoms with Gasteiger partial charge >= 0.3 is 0 Å². The topological polar surface area (TPSA) is 46.6 Å². The average molecular weight is 448 g/mol. The highest BCUT2D eigenvalue weighted by molar-refractivity contribution is 5.54. The number of methoxy groups -OCH3 is 2. The van der Waals surface area contributed by atoms with E-state index in [-0.39, 0.29) is 0 Å². The van der Waals surface area contributed by atoms with Gasteiger partial charge in [-0.3, -0.25) is 0 Å². The molecular formula is C28H37N3O2. The second-order valence-electron chi connectivity index (χ2n) is 8.37. The van der Waals surface area contributed by atoms with E-state index in [0.717, 1.165) is 36.1 Å². The standard InChI is InChI=1S/C28H37N3O2/c1-5-7-24(8-6-2)30-25-17-18-29-28(19-25)31(20-22-9-13-26(32-3)14-10-22)21-23-11-15-27(33-4)16-12-23/h9-19,24H,5-8,20-21H2,1-4H3,(H,29,30). The lowest BCUT2D eigenvalue weighted by molar-refractivity contribution is 0.414. The molecule has 5 heteroatoms. The van der Waals surface area contributed by atoms with E-state index in [9.17, 15) is 0 Å². The summed E-state index contributed by atoms with van der Waals surface area (Å²) >= 11 is 0. The van der Waals surface area contributed by atoms with E-state index in [1.54, 1.807) is 14.2 Å². The number of nitrogens with one attached hydrogen (secondary N) is 1. The molecule has 0 unspecified atom stereocenters. The largest absolute Gasteiger partial charge is 0.497 e. The van der Waals surface area contributed by atoms with Crippen molar-refractivity contribution in [1.29, 1.82) is 0 Å². The Kier molecular flexibility index (Phi) is 9.43. The van der Waals surface area contributed by atoms with Crippen molar-refractivity contribution in [3.63, 3.8) is 0 Å². The Morgan fingerprint density at radius 3 is 1.76 bits per heavy atom. The molecule has 0 spiro atoms. The second-order valence-corrected chi connectivity index (χ2v) is 8.37.